The number of allylic oxidation sites excluding steroid dienone is 1. The van der Waals surface area contributed by atoms with Crippen LogP contribution >= 0.6 is 0 Å². The Morgan fingerprint density at radius 2 is 1.82 bits per heavy atom. The van der Waals surface area contributed by atoms with Crippen LogP contribution in [0.2, 0.25) is 0 Å². The predicted molar refractivity (Wildman–Crippen MR) is 105 cm³/mol. The number of hydrogen-bond donors (Lipinski definition) is 0. The fraction of sp³-hybridized carbons (Fsp3) is 0.583. The highest BCUT2D eigenvalue weighted by molar-refractivity contribution is 6.26. The molecule has 0 amide bonds. The second-order valence-corrected chi connectivity index (χ2v) is 9.17. The molecular formula is C24H28O4. The quantitative estimate of drug-likeness (QED) is 0.731. The Balaban J connectivity index is 1.65. The topological polar surface area (TPSA) is 52.6 Å². The van der Waals surface area contributed by atoms with Crippen molar-refractivity contribution in [1.82, 2.24) is 0 Å². The van der Waals surface area contributed by atoms with Gasteiger partial charge in [-0.05, 0) is 62.6 Å². The molecule has 0 N–H and O–H groups in total. The third-order valence-corrected chi connectivity index (χ3v) is 7.14. The summed E-state index contributed by atoms with van der Waals surface area (Å²) in [4.78, 5) is 26.2. The summed E-state index contributed by atoms with van der Waals surface area (Å²) in [5, 5.41) is 0. The molecule has 2 heterocycles. The Kier molecular flexibility index (Phi) is 4.06. The van der Waals surface area contributed by atoms with E-state index in [2.05, 4.69) is 26.0 Å². The Hall–Kier alpha value is -1.94. The normalized spacial score (nSPS) is 33.6. The van der Waals surface area contributed by atoms with Gasteiger partial charge in [-0.2, -0.15) is 0 Å². The summed E-state index contributed by atoms with van der Waals surface area (Å²) in [5.74, 6) is 0.698. The molecule has 2 aliphatic carbocycles. The zero-order valence-corrected chi connectivity index (χ0v) is 17.1. The molecule has 2 bridgehead atoms. The number of benzene rings is 1. The summed E-state index contributed by atoms with van der Waals surface area (Å²) in [7, 11) is 0. The smallest absolute Gasteiger partial charge is 0.314 e. The summed E-state index contributed by atoms with van der Waals surface area (Å²) < 4.78 is 12.2. The summed E-state index contributed by atoms with van der Waals surface area (Å²) >= 11 is 0. The molecule has 0 unspecified atom stereocenters. The van der Waals surface area contributed by atoms with Crippen LogP contribution in [0.1, 0.15) is 54.9 Å². The maximum atomic E-state index is 13.6. The molecule has 28 heavy (non-hydrogen) atoms. The van der Waals surface area contributed by atoms with Gasteiger partial charge in [0.25, 0.3) is 0 Å². The van der Waals surface area contributed by atoms with E-state index in [1.165, 1.54) is 5.56 Å². The lowest BCUT2D eigenvalue weighted by atomic mass is 9.74. The number of Topliss-reactive ketones (excluding diaryl/α,β-unsaturated/α-hetero) is 1. The maximum Gasteiger partial charge on any atom is 0.314 e. The first-order valence-electron chi connectivity index (χ1n) is 10.6. The molecule has 4 heteroatoms. The van der Waals surface area contributed by atoms with Gasteiger partial charge in [0.1, 0.15) is 5.76 Å². The molecule has 1 aromatic carbocycles. The first kappa shape index (κ1) is 18.1. The molecule has 4 nitrogen and oxygen atoms in total. The van der Waals surface area contributed by atoms with Crippen molar-refractivity contribution in [2.24, 2.45) is 23.7 Å². The van der Waals surface area contributed by atoms with Crippen LogP contribution in [0.15, 0.2) is 17.9 Å². The Labute approximate surface area is 166 Å². The van der Waals surface area contributed by atoms with Crippen LogP contribution in [0.25, 0.3) is 5.57 Å². The SMILES string of the molecule is CC[C@@H]1C[C@@H]2O[C@H]1[C@H]1C(OC(=O)C3CC3)=C(c3c(C)cc(C)cc3C)C(=O)[C@H]12. The lowest BCUT2D eigenvalue weighted by Crippen LogP contribution is -2.35. The number of fused-ring (bicyclic) bond motifs is 5. The van der Waals surface area contributed by atoms with Crippen LogP contribution in [0.5, 0.6) is 0 Å². The van der Waals surface area contributed by atoms with Gasteiger partial charge in [-0.3, -0.25) is 9.59 Å². The van der Waals surface area contributed by atoms with Gasteiger partial charge in [0.2, 0.25) is 0 Å². The van der Waals surface area contributed by atoms with Crippen molar-refractivity contribution in [3.63, 3.8) is 0 Å². The molecule has 0 radical (unpaired) electrons. The van der Waals surface area contributed by atoms with E-state index in [1.54, 1.807) is 0 Å². The molecule has 2 saturated heterocycles. The summed E-state index contributed by atoms with van der Waals surface area (Å²) in [5.41, 5.74) is 4.92. The fourth-order valence-corrected chi connectivity index (χ4v) is 5.79. The molecule has 0 spiro atoms. The van der Waals surface area contributed by atoms with Gasteiger partial charge in [-0.1, -0.05) is 31.0 Å². The molecule has 148 valence electrons. The van der Waals surface area contributed by atoms with Gasteiger partial charge < -0.3 is 9.47 Å². The van der Waals surface area contributed by atoms with Crippen LogP contribution in [-0.4, -0.2) is 24.0 Å². The molecule has 3 fully saturated rings. The zero-order valence-electron chi connectivity index (χ0n) is 17.1. The lowest BCUT2D eigenvalue weighted by molar-refractivity contribution is -0.142. The number of esters is 1. The average Bonchev–Trinajstić information content (AvgIpc) is 3.24. The number of rotatable bonds is 4. The van der Waals surface area contributed by atoms with Gasteiger partial charge in [-0.15, -0.1) is 0 Å². The van der Waals surface area contributed by atoms with Gasteiger partial charge in [0, 0.05) is 0 Å². The molecular weight excluding hydrogens is 352 g/mol. The van der Waals surface area contributed by atoms with Gasteiger partial charge in [0.05, 0.1) is 35.5 Å². The van der Waals surface area contributed by atoms with E-state index >= 15 is 0 Å². The van der Waals surface area contributed by atoms with Crippen LogP contribution in [0.4, 0.5) is 0 Å². The highest BCUT2D eigenvalue weighted by atomic mass is 16.5. The average molecular weight is 380 g/mol. The van der Waals surface area contributed by atoms with E-state index in [0.29, 0.717) is 17.3 Å². The molecule has 4 aliphatic rings. The second-order valence-electron chi connectivity index (χ2n) is 9.17. The minimum Gasteiger partial charge on any atom is -0.430 e. The standard InChI is InChI=1S/C24H28O4/c1-5-14-10-16-18-20(22(14)27-16)23(28-24(26)15-6-7-15)19(21(18)25)17-12(3)8-11(2)9-13(17)4/h8-9,14-16,18,20,22H,5-7,10H2,1-4H3/t14-,16+,18+,20+,22-/m1/s1. The van der Waals surface area contributed by atoms with Crippen molar-refractivity contribution >= 4 is 17.3 Å². The van der Waals surface area contributed by atoms with E-state index in [9.17, 15) is 9.59 Å². The Morgan fingerprint density at radius 1 is 1.14 bits per heavy atom. The Morgan fingerprint density at radius 3 is 2.43 bits per heavy atom. The third-order valence-electron chi connectivity index (χ3n) is 7.14. The fourth-order valence-electron chi connectivity index (χ4n) is 5.79. The van der Waals surface area contributed by atoms with E-state index in [4.69, 9.17) is 9.47 Å². The number of ketones is 1. The van der Waals surface area contributed by atoms with Crippen LogP contribution in [0.3, 0.4) is 0 Å². The number of hydrogen-bond acceptors (Lipinski definition) is 4. The first-order chi connectivity index (χ1) is 13.4. The molecule has 5 atom stereocenters. The first-order valence-corrected chi connectivity index (χ1v) is 10.6. The van der Waals surface area contributed by atoms with Gasteiger partial charge >= 0.3 is 5.97 Å². The zero-order chi connectivity index (χ0) is 19.7. The minimum atomic E-state index is -0.190. The van der Waals surface area contributed by atoms with Crippen molar-refractivity contribution in [2.75, 3.05) is 0 Å². The number of ether oxygens (including phenoxy) is 2. The van der Waals surface area contributed by atoms with Crippen LogP contribution in [-0.2, 0) is 19.1 Å². The van der Waals surface area contributed by atoms with Crippen molar-refractivity contribution in [3.8, 4) is 0 Å². The van der Waals surface area contributed by atoms with Crippen molar-refractivity contribution in [3.05, 3.63) is 40.1 Å². The number of carbonyl (C=O) groups excluding carboxylic acids is 2. The third kappa shape index (κ3) is 2.53. The van der Waals surface area contributed by atoms with E-state index in [0.717, 1.165) is 42.4 Å². The summed E-state index contributed by atoms with van der Waals surface area (Å²) in [6.07, 6.45) is 3.72. The second kappa shape index (κ2) is 6.28. The molecule has 5 rings (SSSR count). The number of carbonyl (C=O) groups is 2. The predicted octanol–water partition coefficient (Wildman–Crippen LogP) is 4.29. The number of aryl methyl sites for hydroxylation is 3. The highest BCUT2D eigenvalue weighted by Crippen LogP contribution is 2.57. The summed E-state index contributed by atoms with van der Waals surface area (Å²) in [6.45, 7) is 8.33. The van der Waals surface area contributed by atoms with Crippen molar-refractivity contribution in [1.29, 1.82) is 0 Å². The van der Waals surface area contributed by atoms with E-state index in [-0.39, 0.29) is 41.7 Å². The van der Waals surface area contributed by atoms with Crippen LogP contribution in [0, 0.1) is 44.4 Å². The summed E-state index contributed by atoms with van der Waals surface area (Å²) in [6, 6.07) is 4.22. The van der Waals surface area contributed by atoms with E-state index in [1.807, 2.05) is 13.8 Å². The minimum absolute atomic E-state index is 0.00425. The Bertz CT molecular complexity index is 884. The monoisotopic (exact) mass is 380 g/mol. The lowest BCUT2D eigenvalue weighted by Gasteiger charge is -2.27. The largest absolute Gasteiger partial charge is 0.430 e. The molecule has 2 aliphatic heterocycles. The van der Waals surface area contributed by atoms with Gasteiger partial charge in [-0.25, -0.2) is 0 Å². The molecule has 1 saturated carbocycles. The van der Waals surface area contributed by atoms with Gasteiger partial charge in [0.15, 0.2) is 5.78 Å². The van der Waals surface area contributed by atoms with E-state index < -0.39 is 0 Å². The van der Waals surface area contributed by atoms with Crippen molar-refractivity contribution in [2.45, 2.75) is 65.6 Å². The van der Waals surface area contributed by atoms with Crippen LogP contribution < -0.4 is 0 Å². The molecule has 1 aromatic rings. The highest BCUT2D eigenvalue weighted by Gasteiger charge is 2.63. The molecule has 0 aromatic heterocycles. The van der Waals surface area contributed by atoms with Crippen molar-refractivity contribution < 1.29 is 19.1 Å². The maximum absolute atomic E-state index is 13.6.